The summed E-state index contributed by atoms with van der Waals surface area (Å²) in [5.74, 6) is 0.270. The van der Waals surface area contributed by atoms with E-state index in [1.54, 1.807) is 6.07 Å². The summed E-state index contributed by atoms with van der Waals surface area (Å²) in [4.78, 5) is 12.4. The summed E-state index contributed by atoms with van der Waals surface area (Å²) in [5, 5.41) is 2.82. The first-order valence-electron chi connectivity index (χ1n) is 7.54. The van der Waals surface area contributed by atoms with Crippen LogP contribution in [0, 0.1) is 5.92 Å². The summed E-state index contributed by atoms with van der Waals surface area (Å²) in [5.41, 5.74) is 4.88. The molecular formula is C16H19F3N2O. The van der Waals surface area contributed by atoms with Gasteiger partial charge in [-0.2, -0.15) is 13.2 Å². The van der Waals surface area contributed by atoms with Crippen LogP contribution in [0.5, 0.6) is 0 Å². The molecule has 1 unspecified atom stereocenters. The molecule has 6 heteroatoms. The third-order valence-corrected chi connectivity index (χ3v) is 4.65. The van der Waals surface area contributed by atoms with Crippen molar-refractivity contribution in [1.82, 2.24) is 5.32 Å². The second kappa shape index (κ2) is 5.26. The number of carbonyl (C=O) groups excluding carboxylic acids is 1. The van der Waals surface area contributed by atoms with E-state index in [0.29, 0.717) is 30.9 Å². The molecule has 3 nitrogen and oxygen atoms in total. The number of nitrogens with two attached hydrogens (primary N) is 1. The maximum atomic E-state index is 12.8. The van der Waals surface area contributed by atoms with Crippen LogP contribution in [0.1, 0.15) is 36.8 Å². The van der Waals surface area contributed by atoms with Crippen molar-refractivity contribution in [3.05, 3.63) is 35.4 Å². The molecule has 0 saturated heterocycles. The topological polar surface area (TPSA) is 55.1 Å². The van der Waals surface area contributed by atoms with Crippen molar-refractivity contribution in [2.75, 3.05) is 6.54 Å². The Morgan fingerprint density at radius 1 is 1.36 bits per heavy atom. The Hall–Kier alpha value is -1.56. The van der Waals surface area contributed by atoms with E-state index in [4.69, 9.17) is 5.73 Å². The number of alkyl halides is 3. The number of nitrogens with one attached hydrogen (secondary N) is 1. The summed E-state index contributed by atoms with van der Waals surface area (Å²) in [7, 11) is 0. The average Bonchev–Trinajstić information content (AvgIpc) is 3.37. The summed E-state index contributed by atoms with van der Waals surface area (Å²) in [6.07, 6.45) is -1.04. The van der Waals surface area contributed by atoms with E-state index >= 15 is 0 Å². The lowest BCUT2D eigenvalue weighted by Crippen LogP contribution is -2.43. The van der Waals surface area contributed by atoms with Crippen LogP contribution < -0.4 is 11.1 Å². The van der Waals surface area contributed by atoms with Crippen LogP contribution >= 0.6 is 0 Å². The molecule has 2 fully saturated rings. The van der Waals surface area contributed by atoms with Gasteiger partial charge in [-0.25, -0.2) is 0 Å². The van der Waals surface area contributed by atoms with Crippen molar-refractivity contribution >= 4 is 5.91 Å². The van der Waals surface area contributed by atoms with Crippen molar-refractivity contribution in [2.24, 2.45) is 11.7 Å². The van der Waals surface area contributed by atoms with Crippen LogP contribution in [0.25, 0.3) is 0 Å². The first kappa shape index (κ1) is 15.3. The predicted octanol–water partition coefficient (Wildman–Crippen LogP) is 2.59. The van der Waals surface area contributed by atoms with Gasteiger partial charge >= 0.3 is 6.18 Å². The number of halogens is 3. The van der Waals surface area contributed by atoms with Crippen molar-refractivity contribution < 1.29 is 18.0 Å². The van der Waals surface area contributed by atoms with Gasteiger partial charge in [-0.05, 0) is 43.2 Å². The third kappa shape index (κ3) is 2.97. The Kier molecular flexibility index (Phi) is 3.67. The van der Waals surface area contributed by atoms with Crippen LogP contribution in [-0.2, 0) is 16.4 Å². The lowest BCUT2D eigenvalue weighted by Gasteiger charge is -2.19. The lowest BCUT2D eigenvalue weighted by molar-refractivity contribution is -0.137. The molecule has 2 aliphatic rings. The molecule has 0 bridgehead atoms. The Labute approximate surface area is 127 Å². The van der Waals surface area contributed by atoms with Crippen LogP contribution in [0.3, 0.4) is 0 Å². The summed E-state index contributed by atoms with van der Waals surface area (Å²) < 4.78 is 38.4. The standard InChI is InChI=1S/C16H19F3N2O/c17-16(18,19)12-3-1-2-11(8-12)15(6-7-15)14(22)21-9-13(20)10-4-5-10/h1-3,8,10,13H,4-7,9,20H2,(H,21,22). The number of carbonyl (C=O) groups is 1. The Balaban J connectivity index is 1.71. The highest BCUT2D eigenvalue weighted by molar-refractivity contribution is 5.91. The summed E-state index contributed by atoms with van der Waals surface area (Å²) >= 11 is 0. The Morgan fingerprint density at radius 2 is 2.05 bits per heavy atom. The number of amides is 1. The van der Waals surface area contributed by atoms with Gasteiger partial charge in [0.05, 0.1) is 11.0 Å². The fraction of sp³-hybridized carbons (Fsp3) is 0.562. The zero-order valence-corrected chi connectivity index (χ0v) is 12.1. The summed E-state index contributed by atoms with van der Waals surface area (Å²) in [6, 6.07) is 5.03. The van der Waals surface area contributed by atoms with Gasteiger partial charge in [0.1, 0.15) is 0 Å². The zero-order chi connectivity index (χ0) is 16.0. The largest absolute Gasteiger partial charge is 0.416 e. The van der Waals surface area contributed by atoms with E-state index in [1.165, 1.54) is 6.07 Å². The van der Waals surface area contributed by atoms with Gasteiger partial charge < -0.3 is 11.1 Å². The molecule has 1 amide bonds. The molecule has 0 radical (unpaired) electrons. The van der Waals surface area contributed by atoms with E-state index in [9.17, 15) is 18.0 Å². The van der Waals surface area contributed by atoms with Crippen LogP contribution in [0.4, 0.5) is 13.2 Å². The molecule has 1 aromatic carbocycles. The molecule has 2 saturated carbocycles. The van der Waals surface area contributed by atoms with E-state index < -0.39 is 17.2 Å². The third-order valence-electron chi connectivity index (χ3n) is 4.65. The van der Waals surface area contributed by atoms with E-state index in [0.717, 1.165) is 25.0 Å². The monoisotopic (exact) mass is 312 g/mol. The number of hydrogen-bond donors (Lipinski definition) is 2. The first-order chi connectivity index (χ1) is 10.3. The molecule has 0 aliphatic heterocycles. The van der Waals surface area contributed by atoms with Crippen molar-refractivity contribution in [2.45, 2.75) is 43.3 Å². The van der Waals surface area contributed by atoms with Gasteiger partial charge in [0.25, 0.3) is 0 Å². The molecule has 120 valence electrons. The molecule has 1 aromatic rings. The maximum Gasteiger partial charge on any atom is 0.416 e. The van der Waals surface area contributed by atoms with Crippen LogP contribution in [0.15, 0.2) is 24.3 Å². The second-order valence-corrected chi connectivity index (χ2v) is 6.37. The highest BCUT2D eigenvalue weighted by Crippen LogP contribution is 2.49. The van der Waals surface area contributed by atoms with Crippen LogP contribution in [0.2, 0.25) is 0 Å². The first-order valence-corrected chi connectivity index (χ1v) is 7.54. The van der Waals surface area contributed by atoms with Crippen molar-refractivity contribution in [1.29, 1.82) is 0 Å². The minimum Gasteiger partial charge on any atom is -0.354 e. The smallest absolute Gasteiger partial charge is 0.354 e. The van der Waals surface area contributed by atoms with Crippen LogP contribution in [-0.4, -0.2) is 18.5 Å². The minimum atomic E-state index is -4.39. The molecule has 0 spiro atoms. The Morgan fingerprint density at radius 3 is 2.59 bits per heavy atom. The van der Waals surface area contributed by atoms with Gasteiger partial charge in [-0.1, -0.05) is 18.2 Å². The van der Waals surface area contributed by atoms with Gasteiger partial charge in [0, 0.05) is 12.6 Å². The highest BCUT2D eigenvalue weighted by Gasteiger charge is 2.51. The van der Waals surface area contributed by atoms with E-state index in [1.807, 2.05) is 0 Å². The molecule has 0 aromatic heterocycles. The van der Waals surface area contributed by atoms with Gasteiger partial charge in [0.2, 0.25) is 5.91 Å². The minimum absolute atomic E-state index is 0.0544. The fourth-order valence-electron chi connectivity index (χ4n) is 2.84. The summed E-state index contributed by atoms with van der Waals surface area (Å²) in [6.45, 7) is 0.393. The molecule has 2 aliphatic carbocycles. The van der Waals surface area contributed by atoms with Crippen molar-refractivity contribution in [3.8, 4) is 0 Å². The molecular weight excluding hydrogens is 293 g/mol. The average molecular weight is 312 g/mol. The van der Waals surface area contributed by atoms with E-state index in [2.05, 4.69) is 5.32 Å². The second-order valence-electron chi connectivity index (χ2n) is 6.37. The van der Waals surface area contributed by atoms with Gasteiger partial charge in [-0.3, -0.25) is 4.79 Å². The number of benzene rings is 1. The zero-order valence-electron chi connectivity index (χ0n) is 12.1. The number of rotatable bonds is 5. The molecule has 22 heavy (non-hydrogen) atoms. The number of hydrogen-bond acceptors (Lipinski definition) is 2. The Bertz CT molecular complexity index is 577. The van der Waals surface area contributed by atoms with Gasteiger partial charge in [0.15, 0.2) is 0 Å². The maximum absolute atomic E-state index is 12.8. The SMILES string of the molecule is NC(CNC(=O)C1(c2cccc(C(F)(F)F)c2)CC1)C1CC1. The molecule has 3 rings (SSSR count). The fourth-order valence-corrected chi connectivity index (χ4v) is 2.84. The van der Waals surface area contributed by atoms with E-state index in [-0.39, 0.29) is 11.9 Å². The predicted molar refractivity (Wildman–Crippen MR) is 76.1 cm³/mol. The quantitative estimate of drug-likeness (QED) is 0.878. The van der Waals surface area contributed by atoms with Gasteiger partial charge in [-0.15, -0.1) is 0 Å². The molecule has 3 N–H and O–H groups in total. The lowest BCUT2D eigenvalue weighted by atomic mass is 9.93. The van der Waals surface area contributed by atoms with Crippen molar-refractivity contribution in [3.63, 3.8) is 0 Å². The normalized spacial score (nSPS) is 21.3. The molecule has 0 heterocycles. The highest BCUT2D eigenvalue weighted by atomic mass is 19.4. The molecule has 1 atom stereocenters.